The highest BCUT2D eigenvalue weighted by Gasteiger charge is 2.16. The minimum Gasteiger partial charge on any atom is -0.481 e. The standard InChI is InChI=1S/C9H10N2O.3ClH/c1-6-9(10)11-7-4-2-3-5-8(7)12-6;;;/h2-6H,1H3,(H2,10,11);3*1H. The molecule has 0 radical (unpaired) electrons. The molecule has 1 aliphatic rings. The number of hydrogen-bond acceptors (Lipinski definition) is 3. The minimum absolute atomic E-state index is 0. The summed E-state index contributed by atoms with van der Waals surface area (Å²) in [5, 5.41) is 0. The largest absolute Gasteiger partial charge is 0.481 e. The van der Waals surface area contributed by atoms with E-state index in [1.807, 2.05) is 31.2 Å². The molecule has 0 bridgehead atoms. The summed E-state index contributed by atoms with van der Waals surface area (Å²) >= 11 is 0. The Hall–Kier alpha value is -0.640. The second-order valence-electron chi connectivity index (χ2n) is 2.76. The third-order valence-electron chi connectivity index (χ3n) is 1.84. The molecule has 3 nitrogen and oxygen atoms in total. The molecule has 15 heavy (non-hydrogen) atoms. The number of benzene rings is 1. The van der Waals surface area contributed by atoms with Crippen LogP contribution in [0.5, 0.6) is 5.75 Å². The Morgan fingerprint density at radius 2 is 1.80 bits per heavy atom. The Morgan fingerprint density at radius 1 is 1.20 bits per heavy atom. The van der Waals surface area contributed by atoms with Gasteiger partial charge in [0.1, 0.15) is 17.3 Å². The van der Waals surface area contributed by atoms with E-state index < -0.39 is 0 Å². The van der Waals surface area contributed by atoms with E-state index in [2.05, 4.69) is 4.99 Å². The van der Waals surface area contributed by atoms with Gasteiger partial charge < -0.3 is 10.5 Å². The number of aliphatic imine (C=N–C) groups is 1. The first-order valence-electron chi connectivity index (χ1n) is 3.87. The van der Waals surface area contributed by atoms with Crippen molar-refractivity contribution in [2.75, 3.05) is 0 Å². The maximum absolute atomic E-state index is 5.62. The molecule has 1 aliphatic heterocycles. The van der Waals surface area contributed by atoms with Crippen LogP contribution in [-0.4, -0.2) is 11.9 Å². The lowest BCUT2D eigenvalue weighted by molar-refractivity contribution is 0.281. The van der Waals surface area contributed by atoms with E-state index in [1.165, 1.54) is 0 Å². The Bertz CT molecular complexity index is 344. The van der Waals surface area contributed by atoms with Crippen LogP contribution in [0.15, 0.2) is 29.3 Å². The minimum atomic E-state index is -0.111. The van der Waals surface area contributed by atoms with Crippen molar-refractivity contribution >= 4 is 48.7 Å². The lowest BCUT2D eigenvalue weighted by Crippen LogP contribution is -2.33. The quantitative estimate of drug-likeness (QED) is 0.789. The van der Waals surface area contributed by atoms with Crippen molar-refractivity contribution in [1.82, 2.24) is 0 Å². The number of ether oxygens (including phenoxy) is 1. The normalized spacial score (nSPS) is 16.6. The van der Waals surface area contributed by atoms with Crippen LogP contribution < -0.4 is 10.5 Å². The number of hydrogen-bond donors (Lipinski definition) is 1. The van der Waals surface area contributed by atoms with Gasteiger partial charge in [0.15, 0.2) is 6.10 Å². The van der Waals surface area contributed by atoms with E-state index in [0.717, 1.165) is 11.4 Å². The molecule has 0 aliphatic carbocycles. The number of para-hydroxylation sites is 2. The fourth-order valence-corrected chi connectivity index (χ4v) is 1.13. The van der Waals surface area contributed by atoms with Crippen LogP contribution in [0.25, 0.3) is 0 Å². The lowest BCUT2D eigenvalue weighted by atomic mass is 10.2. The zero-order valence-corrected chi connectivity index (χ0v) is 10.5. The summed E-state index contributed by atoms with van der Waals surface area (Å²) < 4.78 is 5.49. The Labute approximate surface area is 107 Å². The maximum atomic E-state index is 5.62. The van der Waals surface area contributed by atoms with Crippen molar-refractivity contribution in [3.63, 3.8) is 0 Å². The van der Waals surface area contributed by atoms with E-state index in [1.54, 1.807) is 0 Å². The summed E-state index contributed by atoms with van der Waals surface area (Å²) in [6.07, 6.45) is -0.111. The van der Waals surface area contributed by atoms with E-state index in [4.69, 9.17) is 10.5 Å². The van der Waals surface area contributed by atoms with Crippen LogP contribution in [-0.2, 0) is 0 Å². The molecule has 0 aromatic heterocycles. The molecule has 2 N–H and O–H groups in total. The van der Waals surface area contributed by atoms with E-state index in [9.17, 15) is 0 Å². The Balaban J connectivity index is 0. The van der Waals surface area contributed by atoms with Gasteiger partial charge in [-0.25, -0.2) is 4.99 Å². The molecule has 0 fully saturated rings. The number of amidine groups is 1. The Morgan fingerprint density at radius 3 is 2.47 bits per heavy atom. The van der Waals surface area contributed by atoms with Crippen molar-refractivity contribution < 1.29 is 4.74 Å². The van der Waals surface area contributed by atoms with Gasteiger partial charge in [-0.1, -0.05) is 12.1 Å². The zero-order valence-electron chi connectivity index (χ0n) is 8.04. The van der Waals surface area contributed by atoms with Gasteiger partial charge in [0.2, 0.25) is 0 Å². The molecule has 6 heteroatoms. The topological polar surface area (TPSA) is 47.6 Å². The molecule has 86 valence electrons. The molecular weight excluding hydrogens is 258 g/mol. The van der Waals surface area contributed by atoms with Crippen LogP contribution in [0.1, 0.15) is 6.92 Å². The number of nitrogens with two attached hydrogens (primary N) is 1. The molecule has 1 atom stereocenters. The smallest absolute Gasteiger partial charge is 0.153 e. The number of nitrogens with zero attached hydrogens (tertiary/aromatic N) is 1. The lowest BCUT2D eigenvalue weighted by Gasteiger charge is -2.20. The van der Waals surface area contributed by atoms with Gasteiger partial charge in [0.25, 0.3) is 0 Å². The van der Waals surface area contributed by atoms with Crippen molar-refractivity contribution in [3.8, 4) is 5.75 Å². The van der Waals surface area contributed by atoms with Crippen LogP contribution in [0.3, 0.4) is 0 Å². The fourth-order valence-electron chi connectivity index (χ4n) is 1.13. The first-order chi connectivity index (χ1) is 5.77. The number of halogens is 3. The van der Waals surface area contributed by atoms with E-state index in [-0.39, 0.29) is 43.3 Å². The first kappa shape index (κ1) is 16.8. The van der Waals surface area contributed by atoms with Gasteiger partial charge >= 0.3 is 0 Å². The zero-order chi connectivity index (χ0) is 8.55. The SMILES string of the molecule is CC1Oc2ccccc2N=C1N.Cl.Cl.Cl. The molecule has 0 saturated carbocycles. The van der Waals surface area contributed by atoms with Crippen LogP contribution in [0, 0.1) is 0 Å². The van der Waals surface area contributed by atoms with Gasteiger partial charge in [-0.2, -0.15) is 0 Å². The highest BCUT2D eigenvalue weighted by molar-refractivity contribution is 5.89. The second-order valence-corrected chi connectivity index (χ2v) is 2.76. The van der Waals surface area contributed by atoms with Gasteiger partial charge in [-0.15, -0.1) is 37.2 Å². The van der Waals surface area contributed by atoms with Crippen LogP contribution in [0.2, 0.25) is 0 Å². The predicted octanol–water partition coefficient (Wildman–Crippen LogP) is 2.72. The molecule has 1 unspecified atom stereocenters. The summed E-state index contributed by atoms with van der Waals surface area (Å²) in [5.41, 5.74) is 6.43. The summed E-state index contributed by atoms with van der Waals surface area (Å²) in [6, 6.07) is 7.60. The number of fused-ring (bicyclic) bond motifs is 1. The monoisotopic (exact) mass is 270 g/mol. The molecule has 2 rings (SSSR count). The third kappa shape index (κ3) is 3.45. The third-order valence-corrected chi connectivity index (χ3v) is 1.84. The molecule has 1 aromatic carbocycles. The number of rotatable bonds is 0. The van der Waals surface area contributed by atoms with Crippen molar-refractivity contribution in [3.05, 3.63) is 24.3 Å². The molecular formula is C9H13Cl3N2O. The summed E-state index contributed by atoms with van der Waals surface area (Å²) in [5.74, 6) is 1.34. The summed E-state index contributed by atoms with van der Waals surface area (Å²) in [4.78, 5) is 4.20. The van der Waals surface area contributed by atoms with Crippen molar-refractivity contribution in [2.45, 2.75) is 13.0 Å². The van der Waals surface area contributed by atoms with Gasteiger partial charge in [0, 0.05) is 0 Å². The van der Waals surface area contributed by atoms with Gasteiger partial charge in [-0.3, -0.25) is 0 Å². The second kappa shape index (κ2) is 6.77. The molecule has 1 aromatic rings. The molecule has 0 saturated heterocycles. The maximum Gasteiger partial charge on any atom is 0.153 e. The Kier molecular flexibility index (Phi) is 7.58. The highest BCUT2D eigenvalue weighted by atomic mass is 35.5. The predicted molar refractivity (Wildman–Crippen MR) is 69.6 cm³/mol. The summed E-state index contributed by atoms with van der Waals surface area (Å²) in [7, 11) is 0. The van der Waals surface area contributed by atoms with E-state index >= 15 is 0 Å². The molecule has 0 amide bonds. The average Bonchev–Trinajstić information content (AvgIpc) is 2.07. The highest BCUT2D eigenvalue weighted by Crippen LogP contribution is 2.30. The van der Waals surface area contributed by atoms with Crippen molar-refractivity contribution in [2.24, 2.45) is 10.7 Å². The van der Waals surface area contributed by atoms with Crippen LogP contribution >= 0.6 is 37.2 Å². The average molecular weight is 272 g/mol. The molecule has 1 heterocycles. The first-order valence-corrected chi connectivity index (χ1v) is 3.87. The molecule has 0 spiro atoms. The van der Waals surface area contributed by atoms with Gasteiger partial charge in [0.05, 0.1) is 0 Å². The van der Waals surface area contributed by atoms with Crippen molar-refractivity contribution in [1.29, 1.82) is 0 Å². The van der Waals surface area contributed by atoms with Gasteiger partial charge in [-0.05, 0) is 19.1 Å². The summed E-state index contributed by atoms with van der Waals surface area (Å²) in [6.45, 7) is 1.88. The fraction of sp³-hybridized carbons (Fsp3) is 0.222. The van der Waals surface area contributed by atoms with E-state index in [0.29, 0.717) is 5.84 Å². The van der Waals surface area contributed by atoms with Crippen LogP contribution in [0.4, 0.5) is 5.69 Å².